The number of hydrogen-bond acceptors (Lipinski definition) is 4. The number of fused-ring (bicyclic) bond motifs is 1. The molecule has 0 unspecified atom stereocenters. The van der Waals surface area contributed by atoms with Crippen LogP contribution in [0.15, 0.2) is 48.5 Å². The molecule has 0 N–H and O–H groups in total. The van der Waals surface area contributed by atoms with Crippen molar-refractivity contribution in [1.29, 1.82) is 0 Å². The van der Waals surface area contributed by atoms with Gasteiger partial charge in [0.1, 0.15) is 5.82 Å². The van der Waals surface area contributed by atoms with Crippen LogP contribution in [0.4, 0.5) is 10.1 Å². The third-order valence-electron chi connectivity index (χ3n) is 5.67. The SMILES string of the molecule is C[C@H](c1cccc([N+](=O)[O-])c1)N(C)C(=O)c1nn(-c2ccc(F)cc2)c2c1CCC2. The van der Waals surface area contributed by atoms with Crippen LogP contribution >= 0.6 is 0 Å². The highest BCUT2D eigenvalue weighted by molar-refractivity contribution is 5.94. The zero-order valence-corrected chi connectivity index (χ0v) is 16.7. The number of nitro groups is 1. The fraction of sp³-hybridized carbons (Fsp3) is 0.273. The Kier molecular flexibility index (Phi) is 5.07. The summed E-state index contributed by atoms with van der Waals surface area (Å²) in [5.41, 5.74) is 3.65. The number of rotatable bonds is 5. The van der Waals surface area contributed by atoms with E-state index in [1.54, 1.807) is 40.9 Å². The van der Waals surface area contributed by atoms with Gasteiger partial charge in [0.25, 0.3) is 11.6 Å². The predicted octanol–water partition coefficient (Wildman–Crippen LogP) is 4.24. The van der Waals surface area contributed by atoms with Gasteiger partial charge in [0, 0.05) is 30.4 Å². The van der Waals surface area contributed by atoms with Crippen LogP contribution < -0.4 is 0 Å². The van der Waals surface area contributed by atoms with Crippen molar-refractivity contribution in [3.8, 4) is 5.69 Å². The Morgan fingerprint density at radius 3 is 2.67 bits per heavy atom. The first-order chi connectivity index (χ1) is 14.4. The van der Waals surface area contributed by atoms with Gasteiger partial charge in [-0.3, -0.25) is 14.9 Å². The molecule has 8 heteroatoms. The zero-order chi connectivity index (χ0) is 21.4. The fourth-order valence-electron chi connectivity index (χ4n) is 3.87. The summed E-state index contributed by atoms with van der Waals surface area (Å²) >= 11 is 0. The van der Waals surface area contributed by atoms with Crippen LogP contribution in [0, 0.1) is 15.9 Å². The Hall–Kier alpha value is -3.55. The molecule has 2 aromatic carbocycles. The van der Waals surface area contributed by atoms with Gasteiger partial charge in [-0.2, -0.15) is 5.10 Å². The molecule has 1 aromatic heterocycles. The van der Waals surface area contributed by atoms with Crippen molar-refractivity contribution in [2.75, 3.05) is 7.05 Å². The number of halogens is 1. The van der Waals surface area contributed by atoms with E-state index in [2.05, 4.69) is 5.10 Å². The highest BCUT2D eigenvalue weighted by Crippen LogP contribution is 2.30. The van der Waals surface area contributed by atoms with Gasteiger partial charge in [-0.1, -0.05) is 12.1 Å². The van der Waals surface area contributed by atoms with Crippen molar-refractivity contribution in [2.45, 2.75) is 32.2 Å². The molecule has 1 heterocycles. The van der Waals surface area contributed by atoms with E-state index in [4.69, 9.17) is 0 Å². The lowest BCUT2D eigenvalue weighted by atomic mass is 10.1. The predicted molar refractivity (Wildman–Crippen MR) is 109 cm³/mol. The van der Waals surface area contributed by atoms with Crippen molar-refractivity contribution in [3.63, 3.8) is 0 Å². The largest absolute Gasteiger partial charge is 0.334 e. The molecular formula is C22H21FN4O3. The second-order valence-electron chi connectivity index (χ2n) is 7.46. The lowest BCUT2D eigenvalue weighted by molar-refractivity contribution is -0.384. The number of nitro benzene ring substituents is 1. The molecule has 7 nitrogen and oxygen atoms in total. The Morgan fingerprint density at radius 2 is 1.97 bits per heavy atom. The van der Waals surface area contributed by atoms with Crippen LogP contribution in [-0.4, -0.2) is 32.6 Å². The zero-order valence-electron chi connectivity index (χ0n) is 16.7. The molecule has 4 rings (SSSR count). The van der Waals surface area contributed by atoms with Crippen LogP contribution in [0.2, 0.25) is 0 Å². The van der Waals surface area contributed by atoms with Gasteiger partial charge in [0.2, 0.25) is 0 Å². The van der Waals surface area contributed by atoms with Gasteiger partial charge in [-0.05, 0) is 56.0 Å². The molecule has 1 aliphatic carbocycles. The smallest absolute Gasteiger partial charge is 0.274 e. The minimum Gasteiger partial charge on any atom is -0.334 e. The summed E-state index contributed by atoms with van der Waals surface area (Å²) < 4.78 is 15.0. The molecule has 0 aliphatic heterocycles. The first-order valence-electron chi connectivity index (χ1n) is 9.75. The van der Waals surface area contributed by atoms with Gasteiger partial charge < -0.3 is 4.90 Å². The van der Waals surface area contributed by atoms with Gasteiger partial charge in [0.05, 0.1) is 16.7 Å². The summed E-state index contributed by atoms with van der Waals surface area (Å²) in [6.45, 7) is 1.83. The molecule has 0 fully saturated rings. The minimum atomic E-state index is -0.449. The van der Waals surface area contributed by atoms with E-state index in [-0.39, 0.29) is 23.5 Å². The van der Waals surface area contributed by atoms with Crippen LogP contribution in [0.25, 0.3) is 5.69 Å². The molecule has 1 atom stereocenters. The Bertz CT molecular complexity index is 1120. The standard InChI is InChI=1S/C22H21FN4O3/c1-14(15-5-3-6-18(13-15)27(29)30)25(2)22(28)21-19-7-4-8-20(19)26(24-21)17-11-9-16(23)10-12-17/h3,5-6,9-14H,4,7-8H2,1-2H3/t14-/m1/s1. The van der Waals surface area contributed by atoms with Crippen LogP contribution in [0.3, 0.4) is 0 Å². The van der Waals surface area contributed by atoms with Crippen molar-refractivity contribution in [2.24, 2.45) is 0 Å². The maximum atomic E-state index is 13.3. The molecule has 0 bridgehead atoms. The first kappa shape index (κ1) is 19.8. The van der Waals surface area contributed by atoms with E-state index in [1.165, 1.54) is 24.3 Å². The Labute approximate surface area is 172 Å². The molecule has 0 spiro atoms. The third-order valence-corrected chi connectivity index (χ3v) is 5.67. The summed E-state index contributed by atoms with van der Waals surface area (Å²) in [6.07, 6.45) is 2.49. The number of carbonyl (C=O) groups excluding carboxylic acids is 1. The third kappa shape index (κ3) is 3.45. The number of amides is 1. The number of nitrogens with zero attached hydrogens (tertiary/aromatic N) is 4. The number of non-ortho nitro benzene ring substituents is 1. The number of benzene rings is 2. The summed E-state index contributed by atoms with van der Waals surface area (Å²) in [6, 6.07) is 11.9. The number of aromatic nitrogens is 2. The molecule has 0 saturated heterocycles. The molecule has 1 amide bonds. The van der Waals surface area contributed by atoms with Crippen molar-refractivity contribution in [1.82, 2.24) is 14.7 Å². The van der Waals surface area contributed by atoms with E-state index in [0.29, 0.717) is 16.9 Å². The lowest BCUT2D eigenvalue weighted by Gasteiger charge is -2.25. The number of hydrogen-bond donors (Lipinski definition) is 0. The van der Waals surface area contributed by atoms with Gasteiger partial charge in [-0.15, -0.1) is 0 Å². The summed E-state index contributed by atoms with van der Waals surface area (Å²) in [5, 5.41) is 15.6. The number of carbonyl (C=O) groups is 1. The molecule has 154 valence electrons. The van der Waals surface area contributed by atoms with E-state index < -0.39 is 4.92 Å². The topological polar surface area (TPSA) is 81.3 Å². The van der Waals surface area contributed by atoms with E-state index in [0.717, 1.165) is 30.5 Å². The quantitative estimate of drug-likeness (QED) is 0.467. The fourth-order valence-corrected chi connectivity index (χ4v) is 3.87. The normalized spacial score (nSPS) is 13.7. The van der Waals surface area contributed by atoms with Crippen LogP contribution in [-0.2, 0) is 12.8 Å². The average molecular weight is 408 g/mol. The summed E-state index contributed by atoms with van der Waals surface area (Å²) in [4.78, 5) is 25.5. The Balaban J connectivity index is 1.66. The van der Waals surface area contributed by atoms with E-state index in [9.17, 15) is 19.3 Å². The first-order valence-corrected chi connectivity index (χ1v) is 9.75. The molecule has 0 radical (unpaired) electrons. The van der Waals surface area contributed by atoms with Gasteiger partial charge in [0.15, 0.2) is 5.69 Å². The van der Waals surface area contributed by atoms with Gasteiger partial charge in [-0.25, -0.2) is 9.07 Å². The molecule has 0 saturated carbocycles. The van der Waals surface area contributed by atoms with Crippen molar-refractivity contribution < 1.29 is 14.1 Å². The van der Waals surface area contributed by atoms with Crippen molar-refractivity contribution >= 4 is 11.6 Å². The molecule has 1 aliphatic rings. The lowest BCUT2D eigenvalue weighted by Crippen LogP contribution is -2.30. The Morgan fingerprint density at radius 1 is 1.23 bits per heavy atom. The molecule has 3 aromatic rings. The average Bonchev–Trinajstić information content (AvgIpc) is 3.36. The summed E-state index contributed by atoms with van der Waals surface area (Å²) in [7, 11) is 1.67. The molecule has 30 heavy (non-hydrogen) atoms. The minimum absolute atomic E-state index is 0.0123. The highest BCUT2D eigenvalue weighted by atomic mass is 19.1. The maximum Gasteiger partial charge on any atom is 0.274 e. The van der Waals surface area contributed by atoms with E-state index in [1.807, 2.05) is 6.92 Å². The maximum absolute atomic E-state index is 13.3. The van der Waals surface area contributed by atoms with Crippen LogP contribution in [0.1, 0.15) is 46.7 Å². The summed E-state index contributed by atoms with van der Waals surface area (Å²) in [5.74, 6) is -0.572. The van der Waals surface area contributed by atoms with Crippen LogP contribution in [0.5, 0.6) is 0 Å². The van der Waals surface area contributed by atoms with E-state index >= 15 is 0 Å². The second kappa shape index (κ2) is 7.70. The second-order valence-corrected chi connectivity index (χ2v) is 7.46. The van der Waals surface area contributed by atoms with Gasteiger partial charge >= 0.3 is 0 Å². The van der Waals surface area contributed by atoms with Crippen molar-refractivity contribution in [3.05, 3.63) is 87.0 Å². The molecular weight excluding hydrogens is 387 g/mol. The monoisotopic (exact) mass is 408 g/mol. The highest BCUT2D eigenvalue weighted by Gasteiger charge is 2.30.